The number of rotatable bonds is 14. The Kier molecular flexibility index (Phi) is 15.1. The van der Waals surface area contributed by atoms with Gasteiger partial charge in [0.15, 0.2) is 12.3 Å². The van der Waals surface area contributed by atoms with Crippen LogP contribution in [0.2, 0.25) is 0 Å². The maximum absolute atomic E-state index is 11.6. The van der Waals surface area contributed by atoms with Gasteiger partial charge in [-0.05, 0) is 111 Å². The van der Waals surface area contributed by atoms with Crippen LogP contribution in [0.15, 0.2) is 112 Å². The minimum absolute atomic E-state index is 0. The molecule has 1 aliphatic rings. The molecule has 0 aliphatic heterocycles. The average Bonchev–Trinajstić information content (AvgIpc) is 3.14. The maximum Gasteiger partial charge on any atom is 1.00 e. The SMILES string of the molecule is CCN(CC)c1ccc(C(=C2CCC(=[N+](CC)Cc3cccc(S(=O)(=O)[O-])c3)CC2)c2ccc(N(CC)Cc3cccc(S(=O)(=O)[O-])c3)cc2)cc1.[Na+]. The van der Waals surface area contributed by atoms with Crippen molar-refractivity contribution < 1.29 is 60.1 Å². The van der Waals surface area contributed by atoms with Crippen molar-refractivity contribution in [2.45, 2.75) is 76.3 Å². The van der Waals surface area contributed by atoms with Crippen LogP contribution in [0.25, 0.3) is 5.57 Å². The molecule has 0 saturated heterocycles. The normalized spacial score (nSPS) is 13.3. The van der Waals surface area contributed by atoms with Crippen LogP contribution in [0.5, 0.6) is 0 Å². The van der Waals surface area contributed by atoms with E-state index in [4.69, 9.17) is 0 Å². The van der Waals surface area contributed by atoms with Gasteiger partial charge in [0.05, 0.1) is 9.79 Å². The standard InChI is InChI=1S/C41H49N3O6S2.Na/c1-5-42(6-2)36-21-15-33(16-22-36)41(34-17-23-37(24-18-34)43(7-3)29-31-11-9-13-39(27-31)51(45,46)47)35-19-25-38(26-20-35)44(8-4)30-32-12-10-14-40(28-32)52(48,49)50;/h9-18,21-24,27-28H,5-8,19-20,25-26,29-30H2,1-4H3,(H-,45,46,47,48,49,50);/q;+1/p-1. The van der Waals surface area contributed by atoms with Gasteiger partial charge in [-0.2, -0.15) is 0 Å². The minimum atomic E-state index is -4.54. The van der Waals surface area contributed by atoms with E-state index in [2.05, 4.69) is 83.7 Å². The predicted molar refractivity (Wildman–Crippen MR) is 206 cm³/mol. The van der Waals surface area contributed by atoms with Gasteiger partial charge in [-0.1, -0.05) is 54.1 Å². The number of allylic oxidation sites excluding steroid dienone is 1. The summed E-state index contributed by atoms with van der Waals surface area (Å²) in [5.74, 6) is 0. The van der Waals surface area contributed by atoms with Crippen LogP contribution in [0.1, 0.15) is 75.6 Å². The second kappa shape index (κ2) is 18.8. The first-order valence-electron chi connectivity index (χ1n) is 18.0. The van der Waals surface area contributed by atoms with Crippen LogP contribution >= 0.6 is 0 Å². The van der Waals surface area contributed by atoms with Gasteiger partial charge in [0.1, 0.15) is 26.8 Å². The summed E-state index contributed by atoms with van der Waals surface area (Å²) in [6.07, 6.45) is 3.53. The van der Waals surface area contributed by atoms with E-state index in [0.717, 1.165) is 73.3 Å². The predicted octanol–water partition coefficient (Wildman–Crippen LogP) is 4.42. The van der Waals surface area contributed by atoms with Gasteiger partial charge in [-0.3, -0.25) is 0 Å². The van der Waals surface area contributed by atoms with Crippen LogP contribution in [0.3, 0.4) is 0 Å². The van der Waals surface area contributed by atoms with Crippen molar-refractivity contribution in [3.05, 3.63) is 125 Å². The number of anilines is 2. The first-order valence-corrected chi connectivity index (χ1v) is 20.8. The third-order valence-electron chi connectivity index (χ3n) is 9.92. The maximum atomic E-state index is 11.6. The molecule has 1 aliphatic carbocycles. The Morgan fingerprint density at radius 2 is 1.08 bits per heavy atom. The summed E-state index contributed by atoms with van der Waals surface area (Å²) in [7, 11) is -9.06. The fourth-order valence-electron chi connectivity index (χ4n) is 7.12. The van der Waals surface area contributed by atoms with Crippen molar-refractivity contribution >= 4 is 42.9 Å². The molecule has 0 N–H and O–H groups in total. The van der Waals surface area contributed by atoms with Crippen LogP contribution in [-0.4, -0.2) is 62.4 Å². The van der Waals surface area contributed by atoms with Crippen LogP contribution in [0, 0.1) is 0 Å². The van der Waals surface area contributed by atoms with Crippen molar-refractivity contribution in [1.82, 2.24) is 0 Å². The fraction of sp³-hybridized carbons (Fsp3) is 0.341. The second-order valence-electron chi connectivity index (χ2n) is 13.0. The first-order chi connectivity index (χ1) is 24.8. The molecule has 0 unspecified atom stereocenters. The summed E-state index contributed by atoms with van der Waals surface area (Å²) < 4.78 is 72.0. The molecular formula is C41H48N3NaO6S2. The Balaban J connectivity index is 0.00000627. The molecule has 9 nitrogen and oxygen atoms in total. The molecule has 12 heteroatoms. The van der Waals surface area contributed by atoms with Crippen LogP contribution < -0.4 is 39.4 Å². The fourth-order valence-corrected chi connectivity index (χ4v) is 8.20. The van der Waals surface area contributed by atoms with Crippen molar-refractivity contribution in [3.8, 4) is 0 Å². The average molecular weight is 766 g/mol. The monoisotopic (exact) mass is 765 g/mol. The Hall–Kier alpha value is -3.29. The molecule has 4 aromatic carbocycles. The van der Waals surface area contributed by atoms with Gasteiger partial charge in [-0.15, -0.1) is 0 Å². The zero-order valence-corrected chi connectivity index (χ0v) is 35.0. The topological polar surface area (TPSA) is 124 Å². The summed E-state index contributed by atoms with van der Waals surface area (Å²) in [6, 6.07) is 29.9. The molecule has 1 fully saturated rings. The Bertz CT molecular complexity index is 2130. The molecule has 1 saturated carbocycles. The Morgan fingerprint density at radius 3 is 1.53 bits per heavy atom. The Labute approximate surface area is 337 Å². The number of hydrogen-bond donors (Lipinski definition) is 0. The van der Waals surface area contributed by atoms with E-state index in [1.807, 2.05) is 19.1 Å². The summed E-state index contributed by atoms with van der Waals surface area (Å²) in [6.45, 7) is 12.8. The molecule has 5 rings (SSSR count). The first kappa shape index (κ1) is 42.5. The Morgan fingerprint density at radius 1 is 0.623 bits per heavy atom. The van der Waals surface area contributed by atoms with Crippen molar-refractivity contribution in [1.29, 1.82) is 0 Å². The molecule has 0 radical (unpaired) electrons. The van der Waals surface area contributed by atoms with E-state index in [1.165, 1.54) is 46.8 Å². The van der Waals surface area contributed by atoms with Gasteiger partial charge in [0.25, 0.3) is 0 Å². The van der Waals surface area contributed by atoms with E-state index < -0.39 is 20.2 Å². The van der Waals surface area contributed by atoms with Crippen LogP contribution in [-0.2, 0) is 33.3 Å². The van der Waals surface area contributed by atoms with E-state index in [9.17, 15) is 25.9 Å². The molecule has 0 spiro atoms. The van der Waals surface area contributed by atoms with Gasteiger partial charge < -0.3 is 18.9 Å². The summed E-state index contributed by atoms with van der Waals surface area (Å²) >= 11 is 0. The molecular weight excluding hydrogens is 718 g/mol. The second-order valence-corrected chi connectivity index (χ2v) is 15.8. The van der Waals surface area contributed by atoms with Crippen molar-refractivity contribution in [2.75, 3.05) is 36.0 Å². The summed E-state index contributed by atoms with van der Waals surface area (Å²) in [5.41, 5.74) is 9.94. The molecule has 0 bridgehead atoms. The van der Waals surface area contributed by atoms with Crippen molar-refractivity contribution in [2.24, 2.45) is 0 Å². The number of hydrogen-bond acceptors (Lipinski definition) is 8. The zero-order valence-electron chi connectivity index (χ0n) is 31.4. The van der Waals surface area contributed by atoms with Gasteiger partial charge in [-0.25, -0.2) is 21.4 Å². The largest absolute Gasteiger partial charge is 1.00 e. The molecule has 4 aromatic rings. The third-order valence-corrected chi connectivity index (χ3v) is 11.6. The molecule has 276 valence electrons. The molecule has 0 aromatic heterocycles. The van der Waals surface area contributed by atoms with Gasteiger partial charge in [0.2, 0.25) is 0 Å². The zero-order chi connectivity index (χ0) is 37.5. The quantitative estimate of drug-likeness (QED) is 0.105. The minimum Gasteiger partial charge on any atom is -0.744 e. The third kappa shape index (κ3) is 10.9. The number of nitrogens with zero attached hydrogens (tertiary/aromatic N) is 3. The molecule has 53 heavy (non-hydrogen) atoms. The van der Waals surface area contributed by atoms with E-state index in [0.29, 0.717) is 19.6 Å². The van der Waals surface area contributed by atoms with E-state index >= 15 is 0 Å². The van der Waals surface area contributed by atoms with Gasteiger partial charge in [0, 0.05) is 56.0 Å². The van der Waals surface area contributed by atoms with E-state index in [-0.39, 0.29) is 39.3 Å². The number of benzene rings is 4. The molecule has 0 heterocycles. The smallest absolute Gasteiger partial charge is 0.744 e. The van der Waals surface area contributed by atoms with E-state index in [1.54, 1.807) is 12.1 Å². The molecule has 0 atom stereocenters. The van der Waals surface area contributed by atoms with Crippen molar-refractivity contribution in [3.63, 3.8) is 0 Å². The van der Waals surface area contributed by atoms with Gasteiger partial charge >= 0.3 is 29.6 Å². The summed E-state index contributed by atoms with van der Waals surface area (Å²) in [5, 5.41) is 0. The summed E-state index contributed by atoms with van der Waals surface area (Å²) in [4.78, 5) is 4.05. The molecule has 0 amide bonds. The van der Waals surface area contributed by atoms with Crippen LogP contribution in [0.4, 0.5) is 11.4 Å².